The summed E-state index contributed by atoms with van der Waals surface area (Å²) in [4.78, 5) is 11.2. The van der Waals surface area contributed by atoms with Crippen molar-refractivity contribution >= 4 is 5.91 Å². The zero-order valence-corrected chi connectivity index (χ0v) is 8.36. The van der Waals surface area contributed by atoms with Crippen LogP contribution in [-0.4, -0.2) is 5.91 Å². The van der Waals surface area contributed by atoms with Crippen LogP contribution in [0.15, 0.2) is 36.9 Å². The lowest BCUT2D eigenvalue weighted by Crippen LogP contribution is -2.21. The molecule has 1 rings (SSSR count). The number of hydrogen-bond donors (Lipinski definition) is 1. The van der Waals surface area contributed by atoms with Gasteiger partial charge in [-0.2, -0.15) is 0 Å². The first-order valence-electron chi connectivity index (χ1n) is 4.62. The molecule has 2 N–H and O–H groups in total. The molecule has 0 aliphatic carbocycles. The molecule has 0 fully saturated rings. The molecule has 0 spiro atoms. The third-order valence-electron chi connectivity index (χ3n) is 2.31. The van der Waals surface area contributed by atoms with Crippen molar-refractivity contribution in [1.82, 2.24) is 0 Å². The molecule has 0 aliphatic heterocycles. The van der Waals surface area contributed by atoms with E-state index in [0.29, 0.717) is 6.42 Å². The highest BCUT2D eigenvalue weighted by Crippen LogP contribution is 2.22. The number of carbonyl (C=O) groups excluding carboxylic acids is 1. The fourth-order valence-corrected chi connectivity index (χ4v) is 1.54. The number of carbonyl (C=O) groups is 1. The molecule has 2 heteroatoms. The van der Waals surface area contributed by atoms with Crippen LogP contribution in [0.3, 0.4) is 0 Å². The SMILES string of the molecule is C=CC[C@@H](C(N)=O)c1ccccc1C. The van der Waals surface area contributed by atoms with Crippen LogP contribution in [0.4, 0.5) is 0 Å². The molecule has 0 saturated heterocycles. The lowest BCUT2D eigenvalue weighted by molar-refractivity contribution is -0.119. The summed E-state index contributed by atoms with van der Waals surface area (Å²) in [6.45, 7) is 5.61. The Morgan fingerprint density at radius 3 is 2.71 bits per heavy atom. The van der Waals surface area contributed by atoms with Crippen molar-refractivity contribution < 1.29 is 4.79 Å². The molecule has 14 heavy (non-hydrogen) atoms. The van der Waals surface area contributed by atoms with Crippen molar-refractivity contribution in [3.8, 4) is 0 Å². The average molecular weight is 189 g/mol. The van der Waals surface area contributed by atoms with Crippen molar-refractivity contribution in [2.24, 2.45) is 5.73 Å². The van der Waals surface area contributed by atoms with E-state index in [1.807, 2.05) is 31.2 Å². The van der Waals surface area contributed by atoms with Crippen molar-refractivity contribution in [2.75, 3.05) is 0 Å². The van der Waals surface area contributed by atoms with E-state index in [0.717, 1.165) is 11.1 Å². The van der Waals surface area contributed by atoms with Gasteiger partial charge in [0.1, 0.15) is 0 Å². The quantitative estimate of drug-likeness (QED) is 0.724. The minimum atomic E-state index is -0.292. The monoisotopic (exact) mass is 189 g/mol. The van der Waals surface area contributed by atoms with Gasteiger partial charge < -0.3 is 5.73 Å². The highest BCUT2D eigenvalue weighted by atomic mass is 16.1. The predicted octanol–water partition coefficient (Wildman–Crippen LogP) is 2.14. The van der Waals surface area contributed by atoms with Gasteiger partial charge in [0, 0.05) is 0 Å². The summed E-state index contributed by atoms with van der Waals surface area (Å²) in [7, 11) is 0. The van der Waals surface area contributed by atoms with E-state index in [1.165, 1.54) is 0 Å². The number of aryl methyl sites for hydroxylation is 1. The van der Waals surface area contributed by atoms with Crippen molar-refractivity contribution in [3.05, 3.63) is 48.0 Å². The van der Waals surface area contributed by atoms with Crippen LogP contribution in [0.2, 0.25) is 0 Å². The van der Waals surface area contributed by atoms with Gasteiger partial charge in [0.05, 0.1) is 5.92 Å². The highest BCUT2D eigenvalue weighted by molar-refractivity contribution is 5.82. The Morgan fingerprint density at radius 1 is 1.57 bits per heavy atom. The van der Waals surface area contributed by atoms with Crippen molar-refractivity contribution in [2.45, 2.75) is 19.3 Å². The largest absolute Gasteiger partial charge is 0.369 e. The fourth-order valence-electron chi connectivity index (χ4n) is 1.54. The number of allylic oxidation sites excluding steroid dienone is 1. The molecular formula is C12H15NO. The molecule has 0 saturated carbocycles. The van der Waals surface area contributed by atoms with E-state index < -0.39 is 0 Å². The maximum atomic E-state index is 11.2. The van der Waals surface area contributed by atoms with E-state index in [1.54, 1.807) is 6.08 Å². The van der Waals surface area contributed by atoms with Crippen molar-refractivity contribution in [1.29, 1.82) is 0 Å². The molecule has 1 aromatic rings. The Bertz CT molecular complexity index is 344. The van der Waals surface area contributed by atoms with E-state index in [9.17, 15) is 4.79 Å². The Hall–Kier alpha value is -1.57. The third kappa shape index (κ3) is 2.22. The first-order chi connectivity index (χ1) is 6.66. The normalized spacial score (nSPS) is 12.1. The summed E-state index contributed by atoms with van der Waals surface area (Å²) < 4.78 is 0. The zero-order chi connectivity index (χ0) is 10.6. The standard InChI is InChI=1S/C12H15NO/c1-3-6-11(12(13)14)10-8-5-4-7-9(10)2/h3-5,7-8,11H,1,6H2,2H3,(H2,13,14)/t11-/m1/s1. The second kappa shape index (κ2) is 4.61. The topological polar surface area (TPSA) is 43.1 Å². The summed E-state index contributed by atoms with van der Waals surface area (Å²) in [5.41, 5.74) is 7.43. The van der Waals surface area contributed by atoms with Crippen LogP contribution < -0.4 is 5.73 Å². The van der Waals surface area contributed by atoms with Gasteiger partial charge in [-0.05, 0) is 24.5 Å². The molecule has 0 heterocycles. The Kier molecular flexibility index (Phi) is 3.46. The first-order valence-corrected chi connectivity index (χ1v) is 4.62. The summed E-state index contributed by atoms with van der Waals surface area (Å²) in [6, 6.07) is 7.79. The lowest BCUT2D eigenvalue weighted by Gasteiger charge is -2.13. The first kappa shape index (κ1) is 10.5. The molecule has 1 aromatic carbocycles. The molecule has 74 valence electrons. The summed E-state index contributed by atoms with van der Waals surface area (Å²) in [5.74, 6) is -0.534. The van der Waals surface area contributed by atoms with Gasteiger partial charge >= 0.3 is 0 Å². The van der Waals surface area contributed by atoms with Crippen LogP contribution in [0, 0.1) is 6.92 Å². The molecule has 0 bridgehead atoms. The average Bonchev–Trinajstić information content (AvgIpc) is 2.15. The zero-order valence-electron chi connectivity index (χ0n) is 8.36. The van der Waals surface area contributed by atoms with E-state index in [4.69, 9.17) is 5.73 Å². The summed E-state index contributed by atoms with van der Waals surface area (Å²) >= 11 is 0. The number of nitrogens with two attached hydrogens (primary N) is 1. The van der Waals surface area contributed by atoms with Crippen LogP contribution in [-0.2, 0) is 4.79 Å². The van der Waals surface area contributed by atoms with E-state index in [-0.39, 0.29) is 11.8 Å². The van der Waals surface area contributed by atoms with Crippen LogP contribution >= 0.6 is 0 Å². The third-order valence-corrected chi connectivity index (χ3v) is 2.31. The van der Waals surface area contributed by atoms with Crippen LogP contribution in [0.5, 0.6) is 0 Å². The van der Waals surface area contributed by atoms with Crippen LogP contribution in [0.25, 0.3) is 0 Å². The fraction of sp³-hybridized carbons (Fsp3) is 0.250. The summed E-state index contributed by atoms with van der Waals surface area (Å²) in [5, 5.41) is 0. The Morgan fingerprint density at radius 2 is 2.21 bits per heavy atom. The van der Waals surface area contributed by atoms with Gasteiger partial charge in [-0.15, -0.1) is 6.58 Å². The van der Waals surface area contributed by atoms with Gasteiger partial charge in [-0.25, -0.2) is 0 Å². The molecule has 0 aromatic heterocycles. The van der Waals surface area contributed by atoms with Gasteiger partial charge in [-0.1, -0.05) is 30.3 Å². The molecule has 0 radical (unpaired) electrons. The highest BCUT2D eigenvalue weighted by Gasteiger charge is 2.17. The lowest BCUT2D eigenvalue weighted by atomic mass is 9.91. The summed E-state index contributed by atoms with van der Waals surface area (Å²) in [6.07, 6.45) is 2.32. The van der Waals surface area contributed by atoms with E-state index >= 15 is 0 Å². The maximum absolute atomic E-state index is 11.2. The Labute approximate surface area is 84.4 Å². The molecule has 0 aliphatic rings. The van der Waals surface area contributed by atoms with Gasteiger partial charge in [-0.3, -0.25) is 4.79 Å². The Balaban J connectivity index is 3.04. The number of benzene rings is 1. The molecule has 1 amide bonds. The van der Waals surface area contributed by atoms with Crippen LogP contribution in [0.1, 0.15) is 23.5 Å². The van der Waals surface area contributed by atoms with Crippen molar-refractivity contribution in [3.63, 3.8) is 0 Å². The van der Waals surface area contributed by atoms with E-state index in [2.05, 4.69) is 6.58 Å². The number of primary amides is 1. The second-order valence-electron chi connectivity index (χ2n) is 3.34. The molecular weight excluding hydrogens is 174 g/mol. The molecule has 0 unspecified atom stereocenters. The number of amides is 1. The minimum absolute atomic E-state index is 0.242. The smallest absolute Gasteiger partial charge is 0.225 e. The predicted molar refractivity (Wildman–Crippen MR) is 57.9 cm³/mol. The van der Waals surface area contributed by atoms with Gasteiger partial charge in [0.25, 0.3) is 0 Å². The number of rotatable bonds is 4. The minimum Gasteiger partial charge on any atom is -0.369 e. The molecule has 2 nitrogen and oxygen atoms in total. The van der Waals surface area contributed by atoms with Gasteiger partial charge in [0.15, 0.2) is 0 Å². The molecule has 1 atom stereocenters. The maximum Gasteiger partial charge on any atom is 0.225 e. The number of hydrogen-bond acceptors (Lipinski definition) is 1. The second-order valence-corrected chi connectivity index (χ2v) is 3.34. The van der Waals surface area contributed by atoms with Gasteiger partial charge in [0.2, 0.25) is 5.91 Å².